The molecule has 0 spiro atoms. The second kappa shape index (κ2) is 14.0. The predicted molar refractivity (Wildman–Crippen MR) is 179 cm³/mol. The summed E-state index contributed by atoms with van der Waals surface area (Å²) in [6, 6.07) is 6.63. The Hall–Kier alpha value is -6.35. The van der Waals surface area contributed by atoms with Crippen molar-refractivity contribution in [3.05, 3.63) is 70.5 Å². The van der Waals surface area contributed by atoms with E-state index in [9.17, 15) is 39.6 Å². The van der Waals surface area contributed by atoms with Gasteiger partial charge in [-0.25, -0.2) is 23.9 Å². The molecule has 0 radical (unpaired) electrons. The molecule has 3 heterocycles. The number of hydrogen-bond donors (Lipinski definition) is 6. The molecular weight excluding hydrogens is 695 g/mol. The number of carboxylic acids is 4. The van der Waals surface area contributed by atoms with Gasteiger partial charge in [-0.3, -0.25) is 0 Å². The summed E-state index contributed by atoms with van der Waals surface area (Å²) in [5, 5.41) is 65.2. The van der Waals surface area contributed by atoms with Crippen LogP contribution in [0.1, 0.15) is 67.9 Å². The molecule has 5 rings (SSSR count). The minimum Gasteiger partial charge on any atom is -0.478 e. The molecule has 0 unspecified atom stereocenters. The largest absolute Gasteiger partial charge is 0.478 e. The monoisotopic (exact) mass is 719 g/mol. The maximum Gasteiger partial charge on any atom is 0.335 e. The molecule has 5 aromatic rings. The van der Waals surface area contributed by atoms with Crippen molar-refractivity contribution in [3.63, 3.8) is 0 Å². The maximum atomic E-state index is 11.7. The summed E-state index contributed by atoms with van der Waals surface area (Å²) in [4.78, 5) is 59.9. The van der Waals surface area contributed by atoms with Gasteiger partial charge in [0, 0.05) is 16.8 Å². The molecule has 0 aliphatic carbocycles. The van der Waals surface area contributed by atoms with Crippen molar-refractivity contribution >= 4 is 81.1 Å². The van der Waals surface area contributed by atoms with Crippen LogP contribution in [0.5, 0.6) is 0 Å². The number of hydrogen-bond acceptors (Lipinski definition) is 16. The van der Waals surface area contributed by atoms with Crippen molar-refractivity contribution in [2.24, 2.45) is 10.2 Å². The highest BCUT2D eigenvalue weighted by atomic mass is 32.2. The summed E-state index contributed by atoms with van der Waals surface area (Å²) in [7, 11) is 0. The van der Waals surface area contributed by atoms with E-state index in [2.05, 4.69) is 51.1 Å². The molecule has 2 aromatic carbocycles. The second-order valence-electron chi connectivity index (χ2n) is 11.2. The molecule has 0 atom stereocenters. The van der Waals surface area contributed by atoms with Crippen molar-refractivity contribution in [1.29, 1.82) is 0 Å². The fraction of sp³-hybridized carbons (Fsp3) is 0.172. The number of aromatic carboxylic acids is 4. The first kappa shape index (κ1) is 35.0. The van der Waals surface area contributed by atoms with Gasteiger partial charge >= 0.3 is 23.9 Å². The van der Waals surface area contributed by atoms with Gasteiger partial charge in [0.2, 0.25) is 11.9 Å². The van der Waals surface area contributed by atoms with E-state index >= 15 is 0 Å². The lowest BCUT2D eigenvalue weighted by atomic mass is 9.91. The lowest BCUT2D eigenvalue weighted by molar-refractivity contribution is 0.0676. The van der Waals surface area contributed by atoms with Gasteiger partial charge in [0.15, 0.2) is 4.34 Å². The smallest absolute Gasteiger partial charge is 0.335 e. The van der Waals surface area contributed by atoms with Crippen molar-refractivity contribution in [2.75, 3.05) is 16.9 Å². The number of thioether (sulfide) groups is 1. The van der Waals surface area contributed by atoms with Crippen LogP contribution in [-0.4, -0.2) is 85.5 Å². The Labute approximate surface area is 289 Å². The zero-order valence-electron chi connectivity index (χ0n) is 26.3. The Balaban J connectivity index is 1.64. The molecule has 0 saturated heterocycles. The Morgan fingerprint density at radius 1 is 0.740 bits per heavy atom. The summed E-state index contributed by atoms with van der Waals surface area (Å²) in [6.45, 7) is 5.69. The predicted octanol–water partition coefficient (Wildman–Crippen LogP) is 5.62. The van der Waals surface area contributed by atoms with Crippen LogP contribution >= 0.6 is 23.1 Å². The molecule has 0 fully saturated rings. The SMILES string of the molecule is CSc1nnc(N=Nc2cn(-c3nc(Nc4cc(C(=O)O)cc(C(=O)O)c4)nc(Nc4cc(C(=O)O)cc(C(=O)O)c4)n3)nc2C(C)(C)C)s1. The number of benzene rings is 2. The third kappa shape index (κ3) is 8.19. The Kier molecular flexibility index (Phi) is 9.80. The van der Waals surface area contributed by atoms with E-state index in [0.717, 1.165) is 12.1 Å². The van der Waals surface area contributed by atoms with Crippen LogP contribution < -0.4 is 10.6 Å². The fourth-order valence-electron chi connectivity index (χ4n) is 4.23. The third-order valence-electron chi connectivity index (χ3n) is 6.41. The first-order valence-corrected chi connectivity index (χ1v) is 16.1. The van der Waals surface area contributed by atoms with E-state index < -0.39 is 29.3 Å². The number of nitrogens with zero attached hydrogens (tertiary/aromatic N) is 9. The molecule has 256 valence electrons. The zero-order valence-corrected chi connectivity index (χ0v) is 27.9. The fourth-order valence-corrected chi connectivity index (χ4v) is 5.31. The summed E-state index contributed by atoms with van der Waals surface area (Å²) >= 11 is 2.65. The number of azo groups is 1. The van der Waals surface area contributed by atoms with Crippen LogP contribution in [0.4, 0.5) is 34.1 Å². The van der Waals surface area contributed by atoms with E-state index in [1.54, 1.807) is 0 Å². The first-order valence-electron chi connectivity index (χ1n) is 14.0. The molecule has 0 aliphatic rings. The van der Waals surface area contributed by atoms with E-state index in [1.807, 2.05) is 27.0 Å². The van der Waals surface area contributed by atoms with Crippen LogP contribution in [0.3, 0.4) is 0 Å². The summed E-state index contributed by atoms with van der Waals surface area (Å²) < 4.78 is 1.97. The topological polar surface area (TPSA) is 280 Å². The number of nitrogens with one attached hydrogen (secondary N) is 2. The van der Waals surface area contributed by atoms with E-state index in [4.69, 9.17) is 0 Å². The highest BCUT2D eigenvalue weighted by molar-refractivity contribution is 8.00. The highest BCUT2D eigenvalue weighted by Crippen LogP contribution is 2.34. The van der Waals surface area contributed by atoms with Crippen LogP contribution in [0.25, 0.3) is 5.95 Å². The van der Waals surface area contributed by atoms with E-state index in [-0.39, 0.29) is 51.5 Å². The summed E-state index contributed by atoms with van der Waals surface area (Å²) in [5.74, 6) is -6.10. The van der Waals surface area contributed by atoms with Crippen molar-refractivity contribution in [3.8, 4) is 5.95 Å². The molecule has 0 bridgehead atoms. The summed E-state index contributed by atoms with van der Waals surface area (Å²) in [5.41, 5.74) is -1.06. The molecule has 19 nitrogen and oxygen atoms in total. The van der Waals surface area contributed by atoms with Gasteiger partial charge in [0.1, 0.15) is 5.69 Å². The number of anilines is 4. The molecule has 50 heavy (non-hydrogen) atoms. The average Bonchev–Trinajstić information content (AvgIpc) is 3.71. The molecule has 0 amide bonds. The van der Waals surface area contributed by atoms with Crippen LogP contribution in [0.15, 0.2) is 57.2 Å². The minimum absolute atomic E-state index is 0.00144. The third-order valence-corrected chi connectivity index (χ3v) is 8.20. The van der Waals surface area contributed by atoms with Gasteiger partial charge in [-0.05, 0) is 42.7 Å². The highest BCUT2D eigenvalue weighted by Gasteiger charge is 2.25. The standard InChI is InChI=1S/C29H25N11O8S2/c1-29(2,3)19-18(35-36-27-37-38-28(49-4)50-27)11-40(39-19)26-33-24(30-16-7-12(20(41)42)5-13(8-16)21(43)44)32-25(34-26)31-17-9-14(22(45)46)6-15(10-17)23(47)48/h5-11H,1-4H3,(H,41,42)(H,43,44)(H,45,46)(H,47,48)(H2,30,31,32,33,34). The Bertz CT molecular complexity index is 2030. The van der Waals surface area contributed by atoms with Gasteiger partial charge in [-0.1, -0.05) is 43.9 Å². The van der Waals surface area contributed by atoms with Crippen molar-refractivity contribution in [2.45, 2.75) is 30.5 Å². The number of rotatable bonds is 12. The molecule has 21 heteroatoms. The van der Waals surface area contributed by atoms with Gasteiger partial charge < -0.3 is 31.1 Å². The van der Waals surface area contributed by atoms with Crippen molar-refractivity contribution in [1.82, 2.24) is 34.9 Å². The average molecular weight is 720 g/mol. The van der Waals surface area contributed by atoms with E-state index in [0.29, 0.717) is 20.9 Å². The van der Waals surface area contributed by atoms with Crippen molar-refractivity contribution < 1.29 is 39.6 Å². The normalized spacial score (nSPS) is 11.4. The Morgan fingerprint density at radius 2 is 1.22 bits per heavy atom. The maximum absolute atomic E-state index is 11.7. The number of aromatic nitrogens is 7. The van der Waals surface area contributed by atoms with Crippen LogP contribution in [0, 0.1) is 0 Å². The zero-order chi connectivity index (χ0) is 36.3. The van der Waals surface area contributed by atoms with Gasteiger partial charge in [0.25, 0.3) is 11.1 Å². The number of carboxylic acid groups (broad SMARTS) is 4. The molecular formula is C29H25N11O8S2. The quantitative estimate of drug-likeness (QED) is 0.0673. The van der Waals surface area contributed by atoms with Gasteiger partial charge in [0.05, 0.1) is 34.1 Å². The number of carbonyl (C=O) groups is 4. The molecule has 0 aliphatic heterocycles. The van der Waals surface area contributed by atoms with E-state index in [1.165, 1.54) is 58.2 Å². The lowest BCUT2D eigenvalue weighted by Gasteiger charge is -2.15. The molecule has 3 aromatic heterocycles. The van der Waals surface area contributed by atoms with Crippen LogP contribution in [0.2, 0.25) is 0 Å². The Morgan fingerprint density at radius 3 is 1.62 bits per heavy atom. The summed E-state index contributed by atoms with van der Waals surface area (Å²) in [6.07, 6.45) is 3.34. The van der Waals surface area contributed by atoms with Gasteiger partial charge in [-0.2, -0.15) is 20.1 Å². The molecule has 0 saturated carbocycles. The minimum atomic E-state index is -1.38. The lowest BCUT2D eigenvalue weighted by Crippen LogP contribution is -2.14. The van der Waals surface area contributed by atoms with Crippen LogP contribution in [-0.2, 0) is 5.41 Å². The molecule has 6 N–H and O–H groups in total. The first-order chi connectivity index (χ1) is 23.6. The second-order valence-corrected chi connectivity index (χ2v) is 13.2. The van der Waals surface area contributed by atoms with Gasteiger partial charge in [-0.15, -0.1) is 20.4 Å².